The molecule has 29 heavy (non-hydrogen) atoms. The van der Waals surface area contributed by atoms with Crippen molar-refractivity contribution in [3.05, 3.63) is 76.3 Å². The molecule has 0 saturated heterocycles. The van der Waals surface area contributed by atoms with Gasteiger partial charge in [-0.2, -0.15) is 0 Å². The molecule has 0 aliphatic heterocycles. The molecule has 1 unspecified atom stereocenters. The fraction of sp³-hybridized carbons (Fsp3) is 0.238. The van der Waals surface area contributed by atoms with Crippen LogP contribution in [0.4, 0.5) is 0 Å². The van der Waals surface area contributed by atoms with E-state index in [-0.39, 0.29) is 12.2 Å². The number of aliphatic carboxylic acids is 1. The minimum Gasteiger partial charge on any atom is -0.481 e. The molecule has 1 atom stereocenters. The average molecular weight is 413 g/mol. The first-order valence-corrected chi connectivity index (χ1v) is 9.57. The summed E-state index contributed by atoms with van der Waals surface area (Å²) in [6.07, 6.45) is 0.294. The molecular weight excluding hydrogens is 392 g/mol. The maximum absolute atomic E-state index is 12.8. The topological polar surface area (TPSA) is 97.1 Å². The van der Waals surface area contributed by atoms with Gasteiger partial charge in [-0.3, -0.25) is 9.59 Å². The molecule has 8 heteroatoms. The number of benzene rings is 2. The van der Waals surface area contributed by atoms with Gasteiger partial charge in [-0.1, -0.05) is 60.5 Å². The van der Waals surface area contributed by atoms with Gasteiger partial charge in [-0.05, 0) is 24.6 Å². The second kappa shape index (κ2) is 8.87. The monoisotopic (exact) mass is 412 g/mol. The first-order chi connectivity index (χ1) is 13.9. The highest BCUT2D eigenvalue weighted by Crippen LogP contribution is 2.22. The fourth-order valence-corrected chi connectivity index (χ4v) is 3.15. The molecule has 1 heterocycles. The van der Waals surface area contributed by atoms with Crippen LogP contribution in [-0.4, -0.2) is 31.7 Å². The number of nitrogens with zero attached hydrogens (tertiary/aromatic N) is 3. The van der Waals surface area contributed by atoms with Crippen molar-refractivity contribution in [2.45, 2.75) is 32.7 Å². The van der Waals surface area contributed by atoms with E-state index in [1.807, 2.05) is 32.0 Å². The summed E-state index contributed by atoms with van der Waals surface area (Å²) in [7, 11) is 0. The Hall–Kier alpha value is -3.19. The van der Waals surface area contributed by atoms with E-state index < -0.39 is 17.9 Å². The lowest BCUT2D eigenvalue weighted by Gasteiger charge is -2.16. The predicted molar refractivity (Wildman–Crippen MR) is 109 cm³/mol. The van der Waals surface area contributed by atoms with E-state index in [1.165, 1.54) is 4.68 Å². The maximum atomic E-state index is 12.8. The third-order valence-electron chi connectivity index (χ3n) is 4.44. The van der Waals surface area contributed by atoms with Crippen LogP contribution >= 0.6 is 11.6 Å². The highest BCUT2D eigenvalue weighted by molar-refractivity contribution is 6.32. The Morgan fingerprint density at radius 2 is 1.86 bits per heavy atom. The van der Waals surface area contributed by atoms with Crippen molar-refractivity contribution in [2.24, 2.45) is 0 Å². The number of aryl methyl sites for hydroxylation is 2. The molecule has 3 rings (SSSR count). The molecule has 0 bridgehead atoms. The number of nitrogens with one attached hydrogen (secondary N) is 1. The van der Waals surface area contributed by atoms with Crippen LogP contribution in [0.5, 0.6) is 0 Å². The van der Waals surface area contributed by atoms with Crippen molar-refractivity contribution in [1.29, 1.82) is 0 Å². The van der Waals surface area contributed by atoms with Crippen molar-refractivity contribution in [2.75, 3.05) is 0 Å². The summed E-state index contributed by atoms with van der Waals surface area (Å²) in [6, 6.07) is 13.8. The van der Waals surface area contributed by atoms with Gasteiger partial charge in [0.2, 0.25) is 5.82 Å². The van der Waals surface area contributed by atoms with Gasteiger partial charge in [0.25, 0.3) is 5.91 Å². The van der Waals surface area contributed by atoms with E-state index >= 15 is 0 Å². The lowest BCUT2D eigenvalue weighted by Crippen LogP contribution is -2.31. The van der Waals surface area contributed by atoms with E-state index in [1.54, 1.807) is 30.3 Å². The van der Waals surface area contributed by atoms with E-state index in [4.69, 9.17) is 11.6 Å². The number of carboxylic acids is 1. The molecule has 0 saturated carbocycles. The molecule has 3 aromatic rings. The average Bonchev–Trinajstić information content (AvgIpc) is 3.12. The Kier molecular flexibility index (Phi) is 6.29. The van der Waals surface area contributed by atoms with Gasteiger partial charge >= 0.3 is 5.97 Å². The van der Waals surface area contributed by atoms with Crippen molar-refractivity contribution in [1.82, 2.24) is 20.1 Å². The summed E-state index contributed by atoms with van der Waals surface area (Å²) in [5.74, 6) is -1.02. The second-order valence-electron chi connectivity index (χ2n) is 6.60. The molecule has 2 aromatic carbocycles. The van der Waals surface area contributed by atoms with E-state index in [2.05, 4.69) is 15.4 Å². The molecule has 7 nitrogen and oxygen atoms in total. The third kappa shape index (κ3) is 4.81. The van der Waals surface area contributed by atoms with Gasteiger partial charge in [-0.25, -0.2) is 9.67 Å². The molecule has 1 aromatic heterocycles. The quantitative estimate of drug-likeness (QED) is 0.616. The first kappa shape index (κ1) is 20.5. The molecule has 150 valence electrons. The largest absolute Gasteiger partial charge is 0.481 e. The van der Waals surface area contributed by atoms with Crippen LogP contribution in [0.25, 0.3) is 5.69 Å². The third-order valence-corrected chi connectivity index (χ3v) is 4.76. The summed E-state index contributed by atoms with van der Waals surface area (Å²) >= 11 is 6.26. The minimum atomic E-state index is -1.01. The molecule has 1 amide bonds. The summed E-state index contributed by atoms with van der Waals surface area (Å²) < 4.78 is 1.54. The molecule has 0 aliphatic rings. The van der Waals surface area contributed by atoms with Crippen molar-refractivity contribution in [3.8, 4) is 5.69 Å². The van der Waals surface area contributed by atoms with E-state index in [0.717, 1.165) is 5.56 Å². The Morgan fingerprint density at radius 1 is 1.17 bits per heavy atom. The van der Waals surface area contributed by atoms with Crippen LogP contribution in [0, 0.1) is 6.92 Å². The van der Waals surface area contributed by atoms with E-state index in [0.29, 0.717) is 28.5 Å². The molecule has 2 N–H and O–H groups in total. The number of halogens is 1. The predicted octanol–water partition coefficient (Wildman–Crippen LogP) is 3.74. The van der Waals surface area contributed by atoms with Gasteiger partial charge < -0.3 is 10.4 Å². The highest BCUT2D eigenvalue weighted by atomic mass is 35.5. The van der Waals surface area contributed by atoms with Gasteiger partial charge in [0.15, 0.2) is 0 Å². The van der Waals surface area contributed by atoms with Crippen molar-refractivity contribution >= 4 is 23.5 Å². The zero-order chi connectivity index (χ0) is 21.0. The molecule has 0 aliphatic carbocycles. The Balaban J connectivity index is 1.89. The van der Waals surface area contributed by atoms with Crippen LogP contribution in [0.3, 0.4) is 0 Å². The first-order valence-electron chi connectivity index (χ1n) is 9.19. The van der Waals surface area contributed by atoms with Gasteiger partial charge in [0, 0.05) is 6.42 Å². The van der Waals surface area contributed by atoms with Crippen molar-refractivity contribution < 1.29 is 14.7 Å². The highest BCUT2D eigenvalue weighted by Gasteiger charge is 2.23. The zero-order valence-corrected chi connectivity index (χ0v) is 16.8. The lowest BCUT2D eigenvalue weighted by atomic mass is 10.0. The molecule has 0 fully saturated rings. The normalized spacial score (nSPS) is 11.8. The fourth-order valence-electron chi connectivity index (χ4n) is 2.93. The number of hydrogen-bond donors (Lipinski definition) is 2. The standard InChI is InChI=1S/C21H21ClN4O3/c1-3-18-24-20(25-26(18)17-7-5-4-6-15(17)22)21(29)23-16(12-19(27)28)14-10-8-13(2)9-11-14/h4-11,16H,3,12H2,1-2H3,(H,23,29)(H,27,28). The summed E-state index contributed by atoms with van der Waals surface area (Å²) in [5.41, 5.74) is 2.37. The number of carbonyl (C=O) groups excluding carboxylic acids is 1. The summed E-state index contributed by atoms with van der Waals surface area (Å²) in [5, 5.41) is 16.8. The SMILES string of the molecule is CCc1nc(C(=O)NC(CC(=O)O)c2ccc(C)cc2)nn1-c1ccccc1Cl. The van der Waals surface area contributed by atoms with Gasteiger partial charge in [-0.15, -0.1) is 5.10 Å². The van der Waals surface area contributed by atoms with Crippen LogP contribution in [0.15, 0.2) is 48.5 Å². The number of amides is 1. The molecular formula is C21H21ClN4O3. The zero-order valence-electron chi connectivity index (χ0n) is 16.1. The summed E-state index contributed by atoms with van der Waals surface area (Å²) in [6.45, 7) is 3.84. The second-order valence-corrected chi connectivity index (χ2v) is 7.01. The number of carboxylic acid groups (broad SMARTS) is 1. The number of aromatic nitrogens is 3. The van der Waals surface area contributed by atoms with E-state index in [9.17, 15) is 14.7 Å². The summed E-state index contributed by atoms with van der Waals surface area (Å²) in [4.78, 5) is 28.4. The smallest absolute Gasteiger partial charge is 0.305 e. The maximum Gasteiger partial charge on any atom is 0.305 e. The lowest BCUT2D eigenvalue weighted by molar-refractivity contribution is -0.137. The van der Waals surface area contributed by atoms with Crippen LogP contribution in [0.2, 0.25) is 5.02 Å². The van der Waals surface area contributed by atoms with Crippen LogP contribution in [0.1, 0.15) is 47.0 Å². The number of rotatable bonds is 7. The number of carbonyl (C=O) groups is 2. The Morgan fingerprint density at radius 3 is 2.48 bits per heavy atom. The Labute approximate surface area is 173 Å². The van der Waals surface area contributed by atoms with Crippen molar-refractivity contribution in [3.63, 3.8) is 0 Å². The number of para-hydroxylation sites is 1. The van der Waals surface area contributed by atoms with Gasteiger partial charge in [0.1, 0.15) is 5.82 Å². The van der Waals surface area contributed by atoms with Crippen LogP contribution < -0.4 is 5.32 Å². The van der Waals surface area contributed by atoms with Gasteiger partial charge in [0.05, 0.1) is 23.2 Å². The molecule has 0 radical (unpaired) electrons. The molecule has 0 spiro atoms. The van der Waals surface area contributed by atoms with Crippen LogP contribution in [-0.2, 0) is 11.2 Å². The number of hydrogen-bond acceptors (Lipinski definition) is 4. The minimum absolute atomic E-state index is 0.0377. The Bertz CT molecular complexity index is 1030.